The highest BCUT2D eigenvalue weighted by Gasteiger charge is 2.45. The minimum Gasteiger partial charge on any atom is -0.496 e. The first-order valence-corrected chi connectivity index (χ1v) is 6.67. The van der Waals surface area contributed by atoms with Gasteiger partial charge in [0.25, 0.3) is 0 Å². The van der Waals surface area contributed by atoms with Crippen LogP contribution in [0.2, 0.25) is 0 Å². The van der Waals surface area contributed by atoms with Gasteiger partial charge in [0.05, 0.1) is 12.6 Å². The number of nitrogens with one attached hydrogen (secondary N) is 1. The molecule has 1 aliphatic carbocycles. The molecular weight excluding hydrogens is 240 g/mol. The van der Waals surface area contributed by atoms with Gasteiger partial charge in [-0.25, -0.2) is 0 Å². The molecule has 0 aromatic heterocycles. The fourth-order valence-electron chi connectivity index (χ4n) is 2.36. The Bertz CT molecular complexity index is 470. The van der Waals surface area contributed by atoms with Crippen molar-refractivity contribution >= 4 is 5.91 Å². The van der Waals surface area contributed by atoms with Crippen LogP contribution in [0.5, 0.6) is 5.75 Å². The van der Waals surface area contributed by atoms with E-state index in [4.69, 9.17) is 10.5 Å². The summed E-state index contributed by atoms with van der Waals surface area (Å²) in [6.07, 6.45) is 2.42. The minimum atomic E-state index is -0.578. The second-order valence-electron chi connectivity index (χ2n) is 5.42. The van der Waals surface area contributed by atoms with Crippen LogP contribution < -0.4 is 15.8 Å². The van der Waals surface area contributed by atoms with Crippen LogP contribution in [0.3, 0.4) is 0 Å². The molecule has 104 valence electrons. The molecular formula is C15H22N2O2. The van der Waals surface area contributed by atoms with Crippen molar-refractivity contribution in [3.63, 3.8) is 0 Å². The minimum absolute atomic E-state index is 0.0190. The van der Waals surface area contributed by atoms with Gasteiger partial charge in [0.15, 0.2) is 0 Å². The van der Waals surface area contributed by atoms with E-state index in [0.29, 0.717) is 6.54 Å². The Labute approximate surface area is 114 Å². The van der Waals surface area contributed by atoms with Crippen LogP contribution in [-0.4, -0.2) is 25.1 Å². The zero-order chi connectivity index (χ0) is 14.0. The fraction of sp³-hybridized carbons (Fsp3) is 0.533. The molecule has 1 amide bonds. The van der Waals surface area contributed by atoms with E-state index in [1.54, 1.807) is 7.11 Å². The molecule has 0 unspecified atom stereocenters. The molecule has 0 spiro atoms. The third-order valence-corrected chi connectivity index (χ3v) is 3.66. The maximum Gasteiger partial charge on any atom is 0.240 e. The molecule has 1 fully saturated rings. The molecule has 4 nitrogen and oxygen atoms in total. The number of hydrogen-bond donors (Lipinski definition) is 2. The van der Waals surface area contributed by atoms with Gasteiger partial charge in [0.2, 0.25) is 5.91 Å². The van der Waals surface area contributed by atoms with E-state index in [1.807, 2.05) is 13.8 Å². The summed E-state index contributed by atoms with van der Waals surface area (Å²) in [6.45, 7) is 4.70. The summed E-state index contributed by atoms with van der Waals surface area (Å²) in [7, 11) is 1.69. The number of rotatable bonds is 5. The Balaban J connectivity index is 1.91. The Morgan fingerprint density at radius 2 is 1.95 bits per heavy atom. The topological polar surface area (TPSA) is 64.3 Å². The third kappa shape index (κ3) is 3.07. The van der Waals surface area contributed by atoms with Crippen LogP contribution in [0.25, 0.3) is 0 Å². The number of aryl methyl sites for hydroxylation is 2. The van der Waals surface area contributed by atoms with Crippen LogP contribution in [0, 0.1) is 13.8 Å². The van der Waals surface area contributed by atoms with E-state index in [0.717, 1.165) is 36.1 Å². The van der Waals surface area contributed by atoms with Crippen molar-refractivity contribution < 1.29 is 9.53 Å². The molecule has 4 heteroatoms. The maximum absolute atomic E-state index is 11.7. The van der Waals surface area contributed by atoms with E-state index in [9.17, 15) is 4.79 Å². The monoisotopic (exact) mass is 262 g/mol. The Kier molecular flexibility index (Phi) is 3.80. The maximum atomic E-state index is 11.7. The molecule has 19 heavy (non-hydrogen) atoms. The normalized spacial score (nSPS) is 16.0. The predicted octanol–water partition coefficient (Wildman–Crippen LogP) is 1.46. The van der Waals surface area contributed by atoms with Gasteiger partial charge >= 0.3 is 0 Å². The van der Waals surface area contributed by atoms with E-state index in [-0.39, 0.29) is 5.91 Å². The van der Waals surface area contributed by atoms with Crippen molar-refractivity contribution in [3.8, 4) is 5.75 Å². The highest BCUT2D eigenvalue weighted by Crippen LogP contribution is 2.32. The van der Waals surface area contributed by atoms with Crippen molar-refractivity contribution in [2.45, 2.75) is 38.6 Å². The van der Waals surface area contributed by atoms with Crippen molar-refractivity contribution in [1.82, 2.24) is 5.32 Å². The van der Waals surface area contributed by atoms with Crippen LogP contribution in [0.15, 0.2) is 12.1 Å². The lowest BCUT2D eigenvalue weighted by molar-refractivity contribution is -0.123. The smallest absolute Gasteiger partial charge is 0.240 e. The summed E-state index contributed by atoms with van der Waals surface area (Å²) >= 11 is 0. The van der Waals surface area contributed by atoms with E-state index < -0.39 is 5.54 Å². The lowest BCUT2D eigenvalue weighted by Crippen LogP contribution is -2.43. The number of benzene rings is 1. The molecule has 0 bridgehead atoms. The second kappa shape index (κ2) is 5.21. The van der Waals surface area contributed by atoms with Crippen LogP contribution in [0.4, 0.5) is 0 Å². The summed E-state index contributed by atoms with van der Waals surface area (Å²) in [4.78, 5) is 11.7. The highest BCUT2D eigenvalue weighted by molar-refractivity contribution is 5.88. The van der Waals surface area contributed by atoms with Crippen molar-refractivity contribution in [2.24, 2.45) is 5.73 Å². The van der Waals surface area contributed by atoms with Crippen LogP contribution >= 0.6 is 0 Å². The molecule has 0 radical (unpaired) electrons. The lowest BCUT2D eigenvalue weighted by atomic mass is 10.0. The van der Waals surface area contributed by atoms with Gasteiger partial charge in [-0.05, 0) is 49.8 Å². The molecule has 1 aliphatic rings. The van der Waals surface area contributed by atoms with Crippen LogP contribution in [0.1, 0.15) is 29.5 Å². The van der Waals surface area contributed by atoms with Gasteiger partial charge in [0, 0.05) is 6.54 Å². The van der Waals surface area contributed by atoms with Gasteiger partial charge < -0.3 is 15.8 Å². The second-order valence-corrected chi connectivity index (χ2v) is 5.42. The number of hydrogen-bond acceptors (Lipinski definition) is 3. The van der Waals surface area contributed by atoms with Gasteiger partial charge in [-0.1, -0.05) is 12.1 Å². The fourth-order valence-corrected chi connectivity index (χ4v) is 2.36. The summed E-state index contributed by atoms with van der Waals surface area (Å²) < 4.78 is 5.34. The third-order valence-electron chi connectivity index (χ3n) is 3.66. The van der Waals surface area contributed by atoms with E-state index in [1.165, 1.54) is 5.56 Å². The summed E-state index contributed by atoms with van der Waals surface area (Å²) in [5, 5.41) is 2.91. The lowest BCUT2D eigenvalue weighted by Gasteiger charge is -2.13. The van der Waals surface area contributed by atoms with Gasteiger partial charge in [-0.15, -0.1) is 0 Å². The van der Waals surface area contributed by atoms with Gasteiger partial charge in [-0.3, -0.25) is 4.79 Å². The number of nitrogens with two attached hydrogens (primary N) is 1. The Hall–Kier alpha value is -1.55. The first kappa shape index (κ1) is 13.9. The molecule has 2 rings (SSSR count). The quantitative estimate of drug-likeness (QED) is 0.844. The Morgan fingerprint density at radius 3 is 2.42 bits per heavy atom. The summed E-state index contributed by atoms with van der Waals surface area (Å²) in [5.74, 6) is 0.918. The first-order chi connectivity index (χ1) is 8.96. The molecule has 0 heterocycles. The summed E-state index contributed by atoms with van der Waals surface area (Å²) in [5.41, 5.74) is 8.71. The highest BCUT2D eigenvalue weighted by atomic mass is 16.5. The number of carbonyl (C=O) groups is 1. The molecule has 1 aromatic rings. The molecule has 0 aliphatic heterocycles. The largest absolute Gasteiger partial charge is 0.496 e. The molecule has 0 atom stereocenters. The number of methoxy groups -OCH3 is 1. The summed E-state index contributed by atoms with van der Waals surface area (Å²) in [6, 6.07) is 4.21. The van der Waals surface area contributed by atoms with Crippen molar-refractivity contribution in [3.05, 3.63) is 28.8 Å². The van der Waals surface area contributed by atoms with E-state index in [2.05, 4.69) is 17.4 Å². The molecule has 1 saturated carbocycles. The number of carbonyl (C=O) groups excluding carboxylic acids is 1. The molecule has 1 aromatic carbocycles. The first-order valence-electron chi connectivity index (χ1n) is 6.67. The SMILES string of the molecule is COc1c(C)cc(CCNC(=O)C2(N)CC2)cc1C. The van der Waals surface area contributed by atoms with E-state index >= 15 is 0 Å². The zero-order valence-corrected chi connectivity index (χ0v) is 11.9. The van der Waals surface area contributed by atoms with Gasteiger partial charge in [0.1, 0.15) is 5.75 Å². The predicted molar refractivity (Wildman–Crippen MR) is 75.3 cm³/mol. The average molecular weight is 262 g/mol. The number of amides is 1. The van der Waals surface area contributed by atoms with Gasteiger partial charge in [-0.2, -0.15) is 0 Å². The Morgan fingerprint density at radius 1 is 1.37 bits per heavy atom. The number of ether oxygens (including phenoxy) is 1. The molecule has 3 N–H and O–H groups in total. The average Bonchev–Trinajstić information content (AvgIpc) is 3.08. The van der Waals surface area contributed by atoms with Crippen molar-refractivity contribution in [2.75, 3.05) is 13.7 Å². The zero-order valence-electron chi connectivity index (χ0n) is 11.9. The van der Waals surface area contributed by atoms with Crippen LogP contribution in [-0.2, 0) is 11.2 Å². The standard InChI is InChI=1S/C15H22N2O2/c1-10-8-12(9-11(2)13(10)19-3)4-7-17-14(18)15(16)5-6-15/h8-9H,4-7,16H2,1-3H3,(H,17,18). The van der Waals surface area contributed by atoms with Crippen molar-refractivity contribution in [1.29, 1.82) is 0 Å². The molecule has 0 saturated heterocycles.